The van der Waals surface area contributed by atoms with Gasteiger partial charge in [0, 0.05) is 30.3 Å². The van der Waals surface area contributed by atoms with Crippen LogP contribution >= 0.6 is 0 Å². The highest BCUT2D eigenvalue weighted by Gasteiger charge is 2.15. The normalized spacial score (nSPS) is 11.2. The van der Waals surface area contributed by atoms with Gasteiger partial charge in [0.2, 0.25) is 11.5 Å². The van der Waals surface area contributed by atoms with Gasteiger partial charge >= 0.3 is 0 Å². The van der Waals surface area contributed by atoms with Gasteiger partial charge in [0.05, 0.1) is 47.9 Å². The van der Waals surface area contributed by atoms with E-state index in [0.717, 1.165) is 38.8 Å². The van der Waals surface area contributed by atoms with Crippen LogP contribution in [0.2, 0.25) is 0 Å². The Balaban J connectivity index is 1.83. The molecule has 0 aliphatic rings. The molecule has 5 rings (SSSR count). The topological polar surface area (TPSA) is 94.5 Å². The first-order valence-corrected chi connectivity index (χ1v) is 8.98. The molecule has 0 radical (unpaired) electrons. The van der Waals surface area contributed by atoms with Gasteiger partial charge in [-0.2, -0.15) is 0 Å². The second kappa shape index (κ2) is 6.52. The van der Waals surface area contributed by atoms with E-state index in [0.29, 0.717) is 11.5 Å². The zero-order chi connectivity index (χ0) is 20.0. The molecule has 8 nitrogen and oxygen atoms in total. The van der Waals surface area contributed by atoms with Crippen LogP contribution in [-0.2, 0) is 7.05 Å². The molecule has 0 fully saturated rings. The van der Waals surface area contributed by atoms with E-state index in [9.17, 15) is 0 Å². The third kappa shape index (κ3) is 2.65. The summed E-state index contributed by atoms with van der Waals surface area (Å²) in [7, 11) is 3.45. The molecule has 4 aromatic heterocycles. The third-order valence-electron chi connectivity index (χ3n) is 5.02. The lowest BCUT2D eigenvalue weighted by Crippen LogP contribution is -2.21. The zero-order valence-corrected chi connectivity index (χ0v) is 15.9. The van der Waals surface area contributed by atoms with Gasteiger partial charge in [-0.3, -0.25) is 15.0 Å². The maximum Gasteiger partial charge on any atom is 0.212 e. The largest absolute Gasteiger partial charge is 0.481 e. The maximum absolute atomic E-state index is 8.62. The Morgan fingerprint density at radius 3 is 2.45 bits per heavy atom. The number of nitrogens with one attached hydrogen (secondary N) is 1. The third-order valence-corrected chi connectivity index (χ3v) is 5.02. The minimum atomic E-state index is 0.320. The van der Waals surface area contributed by atoms with Gasteiger partial charge in [-0.05, 0) is 23.8 Å². The van der Waals surface area contributed by atoms with Crippen LogP contribution in [0.25, 0.3) is 38.8 Å². The molecular formula is C21H17N7O. The van der Waals surface area contributed by atoms with Crippen molar-refractivity contribution in [2.75, 3.05) is 7.11 Å². The van der Waals surface area contributed by atoms with Crippen LogP contribution in [0.1, 0.15) is 0 Å². The summed E-state index contributed by atoms with van der Waals surface area (Å²) in [6.45, 7) is 0. The number of methoxy groups -OCH3 is 1. The number of hydrogen-bond acceptors (Lipinski definition) is 6. The molecule has 8 heteroatoms. The molecule has 0 spiro atoms. The van der Waals surface area contributed by atoms with Crippen LogP contribution in [0.15, 0.2) is 61.4 Å². The van der Waals surface area contributed by atoms with E-state index < -0.39 is 0 Å². The number of hydrogen-bond donors (Lipinski definition) is 1. The fraction of sp³-hybridized carbons (Fsp3) is 0.0952. The minimum Gasteiger partial charge on any atom is -0.481 e. The molecular weight excluding hydrogens is 366 g/mol. The summed E-state index contributed by atoms with van der Waals surface area (Å²) < 4.78 is 8.80. The first kappa shape index (κ1) is 17.1. The summed E-state index contributed by atoms with van der Waals surface area (Å²) in [6.07, 6.45) is 8.47. The van der Waals surface area contributed by atoms with Crippen molar-refractivity contribution in [3.63, 3.8) is 0 Å². The summed E-state index contributed by atoms with van der Waals surface area (Å²) in [4.78, 5) is 17.1. The maximum atomic E-state index is 8.62. The molecule has 142 valence electrons. The first-order chi connectivity index (χ1) is 14.2. The van der Waals surface area contributed by atoms with E-state index in [1.807, 2.05) is 35.9 Å². The van der Waals surface area contributed by atoms with Crippen molar-refractivity contribution in [2.45, 2.75) is 0 Å². The molecule has 4 heterocycles. The minimum absolute atomic E-state index is 0.320. The molecule has 1 aromatic carbocycles. The average molecular weight is 383 g/mol. The van der Waals surface area contributed by atoms with Gasteiger partial charge in [0.25, 0.3) is 0 Å². The first-order valence-electron chi connectivity index (χ1n) is 8.98. The van der Waals surface area contributed by atoms with Gasteiger partial charge in [-0.1, -0.05) is 6.07 Å². The smallest absolute Gasteiger partial charge is 0.212 e. The lowest BCUT2D eigenvalue weighted by molar-refractivity contribution is 0.398. The summed E-state index contributed by atoms with van der Waals surface area (Å²) in [6, 6.07) is 9.89. The standard InChI is InChI=1S/C21H17N7O/c1-27-18-11-25-17-5-3-13(14-4-6-19(29-2)26-8-14)7-16(17)20(18)28(21(27)22)15-9-23-12-24-10-15/h3-12,22H,1-2H3. The highest BCUT2D eigenvalue weighted by Crippen LogP contribution is 2.29. The number of benzene rings is 1. The van der Waals surface area contributed by atoms with Gasteiger partial charge in [-0.15, -0.1) is 0 Å². The van der Waals surface area contributed by atoms with Gasteiger partial charge in [0.1, 0.15) is 6.33 Å². The van der Waals surface area contributed by atoms with E-state index in [-0.39, 0.29) is 0 Å². The summed E-state index contributed by atoms with van der Waals surface area (Å²) in [5.74, 6) is 0.572. The molecule has 0 saturated carbocycles. The second-order valence-electron chi connectivity index (χ2n) is 6.63. The van der Waals surface area contributed by atoms with Crippen LogP contribution in [-0.4, -0.2) is 36.2 Å². The second-order valence-corrected chi connectivity index (χ2v) is 6.63. The van der Waals surface area contributed by atoms with E-state index in [4.69, 9.17) is 10.1 Å². The van der Waals surface area contributed by atoms with E-state index >= 15 is 0 Å². The fourth-order valence-corrected chi connectivity index (χ4v) is 3.53. The summed E-state index contributed by atoms with van der Waals surface area (Å²) >= 11 is 0. The van der Waals surface area contributed by atoms with Crippen molar-refractivity contribution >= 4 is 21.9 Å². The van der Waals surface area contributed by atoms with Crippen molar-refractivity contribution in [2.24, 2.45) is 7.05 Å². The van der Waals surface area contributed by atoms with Crippen LogP contribution in [0.5, 0.6) is 5.88 Å². The lowest BCUT2D eigenvalue weighted by atomic mass is 10.0. The quantitative estimate of drug-likeness (QED) is 0.517. The fourth-order valence-electron chi connectivity index (χ4n) is 3.53. The lowest BCUT2D eigenvalue weighted by Gasteiger charge is -2.08. The SMILES string of the molecule is COc1ccc(-c2ccc3ncc4c(c3c2)n(-c2cncnc2)c(=N)n4C)cn1. The molecule has 1 N–H and O–H groups in total. The Kier molecular flexibility index (Phi) is 3.83. The molecule has 29 heavy (non-hydrogen) atoms. The highest BCUT2D eigenvalue weighted by molar-refractivity contribution is 6.04. The number of fused-ring (bicyclic) bond motifs is 3. The monoisotopic (exact) mass is 383 g/mol. The number of rotatable bonds is 3. The predicted octanol–water partition coefficient (Wildman–Crippen LogP) is 2.86. The van der Waals surface area contributed by atoms with E-state index in [1.54, 1.807) is 36.5 Å². The molecule has 0 bridgehead atoms. The number of pyridine rings is 2. The Labute approximate surface area is 165 Å². The Morgan fingerprint density at radius 2 is 1.72 bits per heavy atom. The summed E-state index contributed by atoms with van der Waals surface area (Å²) in [5, 5.41) is 9.56. The van der Waals surface area contributed by atoms with Crippen LogP contribution in [0.4, 0.5) is 0 Å². The average Bonchev–Trinajstić information content (AvgIpc) is 3.04. The number of aromatic nitrogens is 6. The number of aryl methyl sites for hydroxylation is 1. The Morgan fingerprint density at radius 1 is 0.931 bits per heavy atom. The number of ether oxygens (including phenoxy) is 1. The molecule has 0 amide bonds. The number of imidazole rings is 1. The predicted molar refractivity (Wildman–Crippen MR) is 109 cm³/mol. The Hall–Kier alpha value is -4.07. The number of nitrogens with zero attached hydrogens (tertiary/aromatic N) is 6. The van der Waals surface area contributed by atoms with Crippen molar-refractivity contribution < 1.29 is 4.74 Å². The molecule has 0 atom stereocenters. The van der Waals surface area contributed by atoms with Crippen LogP contribution in [0, 0.1) is 5.41 Å². The van der Waals surface area contributed by atoms with Crippen molar-refractivity contribution in [3.05, 3.63) is 67.1 Å². The van der Waals surface area contributed by atoms with E-state index in [2.05, 4.69) is 26.0 Å². The summed E-state index contributed by atoms with van der Waals surface area (Å²) in [5.41, 5.74) is 5.62. The highest BCUT2D eigenvalue weighted by atomic mass is 16.5. The molecule has 0 unspecified atom stereocenters. The van der Waals surface area contributed by atoms with Crippen LogP contribution in [0.3, 0.4) is 0 Å². The van der Waals surface area contributed by atoms with Gasteiger partial charge in [-0.25, -0.2) is 15.0 Å². The Bertz CT molecular complexity index is 1400. The molecule has 5 aromatic rings. The molecule has 0 saturated heterocycles. The van der Waals surface area contributed by atoms with Gasteiger partial charge in [0.15, 0.2) is 0 Å². The zero-order valence-electron chi connectivity index (χ0n) is 15.9. The van der Waals surface area contributed by atoms with Crippen LogP contribution < -0.4 is 10.4 Å². The molecule has 0 aliphatic heterocycles. The van der Waals surface area contributed by atoms with Gasteiger partial charge < -0.3 is 9.30 Å². The van der Waals surface area contributed by atoms with Crippen molar-refractivity contribution in [1.82, 2.24) is 29.1 Å². The molecule has 0 aliphatic carbocycles. The van der Waals surface area contributed by atoms with Crippen molar-refractivity contribution in [3.8, 4) is 22.7 Å². The van der Waals surface area contributed by atoms with Crippen molar-refractivity contribution in [1.29, 1.82) is 5.41 Å². The van der Waals surface area contributed by atoms with E-state index in [1.165, 1.54) is 6.33 Å².